The molecule has 34 heavy (non-hydrogen) atoms. The zero-order valence-electron chi connectivity index (χ0n) is 18.9. The Balaban J connectivity index is 1.44. The Bertz CT molecular complexity index is 1240. The predicted octanol–water partition coefficient (Wildman–Crippen LogP) is 3.58. The van der Waals surface area contributed by atoms with E-state index in [1.165, 1.54) is 19.2 Å². The van der Waals surface area contributed by atoms with E-state index in [9.17, 15) is 13.2 Å². The number of ether oxygens (including phenoxy) is 2. The van der Waals surface area contributed by atoms with E-state index in [-0.39, 0.29) is 16.4 Å². The zero-order valence-corrected chi connectivity index (χ0v) is 19.7. The van der Waals surface area contributed by atoms with Crippen LogP contribution in [0, 0.1) is 0 Å². The number of nitrogens with zero attached hydrogens (tertiary/aromatic N) is 1. The third kappa shape index (κ3) is 6.13. The normalized spacial score (nSPS) is 14.4. The van der Waals surface area contributed by atoms with Crippen molar-refractivity contribution >= 4 is 27.3 Å². The first-order chi connectivity index (χ1) is 16.4. The van der Waals surface area contributed by atoms with Crippen molar-refractivity contribution in [1.82, 2.24) is 4.90 Å². The highest BCUT2D eigenvalue weighted by molar-refractivity contribution is 7.92. The van der Waals surface area contributed by atoms with E-state index >= 15 is 0 Å². The van der Waals surface area contributed by atoms with Gasteiger partial charge < -0.3 is 14.8 Å². The lowest BCUT2D eigenvalue weighted by Gasteiger charge is -2.26. The lowest BCUT2D eigenvalue weighted by Crippen LogP contribution is -2.35. The molecule has 3 aromatic rings. The van der Waals surface area contributed by atoms with Crippen LogP contribution in [0.1, 0.15) is 15.9 Å². The van der Waals surface area contributed by atoms with Gasteiger partial charge in [0.1, 0.15) is 5.75 Å². The monoisotopic (exact) mass is 481 g/mol. The van der Waals surface area contributed by atoms with Crippen molar-refractivity contribution in [2.24, 2.45) is 0 Å². The molecule has 0 aliphatic carbocycles. The van der Waals surface area contributed by atoms with E-state index in [4.69, 9.17) is 9.47 Å². The number of rotatable bonds is 8. The first-order valence-electron chi connectivity index (χ1n) is 10.9. The number of sulfonamides is 1. The molecule has 0 saturated carbocycles. The average molecular weight is 482 g/mol. The van der Waals surface area contributed by atoms with Gasteiger partial charge in [0.15, 0.2) is 0 Å². The van der Waals surface area contributed by atoms with Gasteiger partial charge in [0, 0.05) is 36.6 Å². The molecule has 178 valence electrons. The first-order valence-corrected chi connectivity index (χ1v) is 12.4. The molecule has 3 aromatic carbocycles. The maximum atomic E-state index is 12.9. The molecule has 1 saturated heterocycles. The highest BCUT2D eigenvalue weighted by Crippen LogP contribution is 2.21. The number of morpholine rings is 1. The maximum absolute atomic E-state index is 12.9. The van der Waals surface area contributed by atoms with E-state index < -0.39 is 10.0 Å². The average Bonchev–Trinajstić information content (AvgIpc) is 2.85. The maximum Gasteiger partial charge on any atom is 0.261 e. The second kappa shape index (κ2) is 10.7. The number of nitrogens with one attached hydrogen (secondary N) is 2. The molecule has 9 heteroatoms. The van der Waals surface area contributed by atoms with Crippen molar-refractivity contribution in [2.45, 2.75) is 11.4 Å². The van der Waals surface area contributed by atoms with Crippen LogP contribution in [0.25, 0.3) is 0 Å². The summed E-state index contributed by atoms with van der Waals surface area (Å²) >= 11 is 0. The van der Waals surface area contributed by atoms with Crippen LogP contribution in [0.15, 0.2) is 77.7 Å². The van der Waals surface area contributed by atoms with Gasteiger partial charge in [-0.05, 0) is 60.2 Å². The third-order valence-electron chi connectivity index (χ3n) is 5.44. The van der Waals surface area contributed by atoms with Gasteiger partial charge in [-0.2, -0.15) is 0 Å². The van der Waals surface area contributed by atoms with Gasteiger partial charge in [0.2, 0.25) is 0 Å². The zero-order chi connectivity index (χ0) is 24.0. The molecule has 0 atom stereocenters. The summed E-state index contributed by atoms with van der Waals surface area (Å²) in [6, 6.07) is 20.1. The van der Waals surface area contributed by atoms with Crippen LogP contribution < -0.4 is 14.8 Å². The van der Waals surface area contributed by atoms with Crippen molar-refractivity contribution < 1.29 is 22.7 Å². The van der Waals surface area contributed by atoms with Gasteiger partial charge in [-0.25, -0.2) is 8.42 Å². The van der Waals surface area contributed by atoms with E-state index in [0.29, 0.717) is 17.1 Å². The number of methoxy groups -OCH3 is 1. The third-order valence-corrected chi connectivity index (χ3v) is 6.82. The van der Waals surface area contributed by atoms with Crippen molar-refractivity contribution in [2.75, 3.05) is 43.5 Å². The summed E-state index contributed by atoms with van der Waals surface area (Å²) in [5, 5.41) is 2.87. The summed E-state index contributed by atoms with van der Waals surface area (Å²) in [7, 11) is -2.33. The molecule has 0 radical (unpaired) electrons. The van der Waals surface area contributed by atoms with Crippen LogP contribution >= 0.6 is 0 Å². The number of carbonyl (C=O) groups is 1. The summed E-state index contributed by atoms with van der Waals surface area (Å²) in [6.07, 6.45) is 0. The Labute approximate surface area is 199 Å². The Morgan fingerprint density at radius 3 is 2.44 bits per heavy atom. The summed E-state index contributed by atoms with van der Waals surface area (Å²) in [4.78, 5) is 15.2. The fraction of sp³-hybridized carbons (Fsp3) is 0.240. The van der Waals surface area contributed by atoms with Crippen LogP contribution in [0.2, 0.25) is 0 Å². The second-order valence-electron chi connectivity index (χ2n) is 7.90. The van der Waals surface area contributed by atoms with Gasteiger partial charge in [0.05, 0.1) is 25.2 Å². The van der Waals surface area contributed by atoms with E-state index in [1.807, 2.05) is 24.3 Å². The molecule has 0 spiro atoms. The molecule has 1 aliphatic heterocycles. The largest absolute Gasteiger partial charge is 0.497 e. The first kappa shape index (κ1) is 23.7. The number of anilines is 2. The van der Waals surface area contributed by atoms with Crippen LogP contribution in [-0.2, 0) is 21.3 Å². The SMILES string of the molecule is COc1ccc(NS(=O)(=O)c2cccc(C(=O)Nc3cccc(CN4CCOCC4)c3)c2)cc1. The molecule has 1 heterocycles. The van der Waals surface area contributed by atoms with E-state index in [1.54, 1.807) is 36.4 Å². The summed E-state index contributed by atoms with van der Waals surface area (Å²) < 4.78 is 38.7. The van der Waals surface area contributed by atoms with Crippen molar-refractivity contribution in [3.8, 4) is 5.75 Å². The van der Waals surface area contributed by atoms with Crippen LogP contribution in [0.5, 0.6) is 5.75 Å². The van der Waals surface area contributed by atoms with E-state index in [0.717, 1.165) is 38.4 Å². The van der Waals surface area contributed by atoms with Gasteiger partial charge in [-0.15, -0.1) is 0 Å². The van der Waals surface area contributed by atoms with Gasteiger partial charge in [0.25, 0.3) is 15.9 Å². The molecule has 1 aliphatic rings. The van der Waals surface area contributed by atoms with Crippen molar-refractivity contribution in [3.05, 3.63) is 83.9 Å². The minimum absolute atomic E-state index is 0.00274. The molecule has 0 bridgehead atoms. The summed E-state index contributed by atoms with van der Waals surface area (Å²) in [5.74, 6) is 0.237. The molecule has 0 unspecified atom stereocenters. The van der Waals surface area contributed by atoms with Gasteiger partial charge >= 0.3 is 0 Å². The topological polar surface area (TPSA) is 97.0 Å². The van der Waals surface area contributed by atoms with Crippen molar-refractivity contribution in [1.29, 1.82) is 0 Å². The Morgan fingerprint density at radius 1 is 0.971 bits per heavy atom. The highest BCUT2D eigenvalue weighted by atomic mass is 32.2. The van der Waals surface area contributed by atoms with Crippen molar-refractivity contribution in [3.63, 3.8) is 0 Å². The number of hydrogen-bond acceptors (Lipinski definition) is 6. The molecule has 8 nitrogen and oxygen atoms in total. The Morgan fingerprint density at radius 2 is 1.71 bits per heavy atom. The minimum atomic E-state index is -3.87. The molecule has 1 amide bonds. The lowest BCUT2D eigenvalue weighted by molar-refractivity contribution is 0.0342. The summed E-state index contributed by atoms with van der Waals surface area (Å²) in [5.41, 5.74) is 2.38. The lowest BCUT2D eigenvalue weighted by atomic mass is 10.1. The molecular formula is C25H27N3O5S. The van der Waals surface area contributed by atoms with Crippen LogP contribution in [0.3, 0.4) is 0 Å². The molecular weight excluding hydrogens is 454 g/mol. The summed E-state index contributed by atoms with van der Waals surface area (Å²) in [6.45, 7) is 3.98. The number of carbonyl (C=O) groups excluding carboxylic acids is 1. The molecule has 0 aromatic heterocycles. The quantitative estimate of drug-likeness (QED) is 0.511. The second-order valence-corrected chi connectivity index (χ2v) is 9.59. The number of hydrogen-bond donors (Lipinski definition) is 2. The predicted molar refractivity (Wildman–Crippen MR) is 131 cm³/mol. The number of benzene rings is 3. The Hall–Kier alpha value is -3.40. The standard InChI is InChI=1S/C25H27N3O5S/c1-32-23-10-8-21(9-11-23)27-34(30,31)24-7-3-5-20(17-24)25(29)26-22-6-2-4-19(16-22)18-28-12-14-33-15-13-28/h2-11,16-17,27H,12-15,18H2,1H3,(H,26,29). The molecule has 1 fully saturated rings. The fourth-order valence-electron chi connectivity index (χ4n) is 3.65. The highest BCUT2D eigenvalue weighted by Gasteiger charge is 2.17. The van der Waals surface area contributed by atoms with E-state index in [2.05, 4.69) is 14.9 Å². The van der Waals surface area contributed by atoms with Crippen LogP contribution in [0.4, 0.5) is 11.4 Å². The van der Waals surface area contributed by atoms with Crippen LogP contribution in [-0.4, -0.2) is 52.6 Å². The smallest absolute Gasteiger partial charge is 0.261 e. The minimum Gasteiger partial charge on any atom is -0.497 e. The number of amides is 1. The van der Waals surface area contributed by atoms with Gasteiger partial charge in [-0.3, -0.25) is 14.4 Å². The Kier molecular flexibility index (Phi) is 7.46. The molecule has 2 N–H and O–H groups in total. The molecule has 4 rings (SSSR count). The fourth-order valence-corrected chi connectivity index (χ4v) is 4.75. The van der Waals surface area contributed by atoms with Gasteiger partial charge in [-0.1, -0.05) is 18.2 Å².